The number of carbonyl (C=O) groups is 1. The standard InChI is InChI=1S/C13H23NO2/c1-5-11(10-8-6-7-9-10)14-12(15)16-13(2,3)4/h5,10-11H,1,6-9H2,2-4H3,(H,14,15). The summed E-state index contributed by atoms with van der Waals surface area (Å²) in [7, 11) is 0. The minimum absolute atomic E-state index is 0.0531. The molecule has 3 heteroatoms. The van der Waals surface area contributed by atoms with Crippen molar-refractivity contribution < 1.29 is 9.53 Å². The number of carbonyl (C=O) groups excluding carboxylic acids is 1. The molecule has 1 amide bonds. The van der Waals surface area contributed by atoms with Crippen LogP contribution in [0.25, 0.3) is 0 Å². The maximum atomic E-state index is 11.6. The van der Waals surface area contributed by atoms with Crippen LogP contribution in [0.2, 0.25) is 0 Å². The van der Waals surface area contributed by atoms with Gasteiger partial charge in [-0.25, -0.2) is 4.79 Å². The van der Waals surface area contributed by atoms with Crippen LogP contribution in [0, 0.1) is 5.92 Å². The van der Waals surface area contributed by atoms with Crippen molar-refractivity contribution in [1.29, 1.82) is 0 Å². The molecule has 1 aliphatic carbocycles. The predicted molar refractivity (Wildman–Crippen MR) is 65.3 cm³/mol. The van der Waals surface area contributed by atoms with Crippen molar-refractivity contribution >= 4 is 6.09 Å². The Labute approximate surface area is 98.2 Å². The number of amides is 1. The zero-order valence-electron chi connectivity index (χ0n) is 10.6. The quantitative estimate of drug-likeness (QED) is 0.749. The van der Waals surface area contributed by atoms with Crippen LogP contribution in [-0.4, -0.2) is 17.7 Å². The van der Waals surface area contributed by atoms with E-state index in [0.29, 0.717) is 5.92 Å². The van der Waals surface area contributed by atoms with E-state index in [1.807, 2.05) is 26.8 Å². The Hall–Kier alpha value is -0.990. The Bertz CT molecular complexity index is 249. The molecule has 1 rings (SSSR count). The molecule has 1 aliphatic rings. The Morgan fingerprint density at radius 2 is 2.00 bits per heavy atom. The second-order valence-electron chi connectivity index (χ2n) is 5.45. The molecular formula is C13H23NO2. The van der Waals surface area contributed by atoms with Gasteiger partial charge in [-0.2, -0.15) is 0 Å². The minimum atomic E-state index is -0.439. The van der Waals surface area contributed by atoms with Crippen molar-refractivity contribution in [1.82, 2.24) is 5.32 Å². The molecule has 0 aromatic rings. The van der Waals surface area contributed by atoms with Gasteiger partial charge in [-0.05, 0) is 39.5 Å². The normalized spacial score (nSPS) is 19.2. The van der Waals surface area contributed by atoms with Gasteiger partial charge in [0.2, 0.25) is 0 Å². The number of nitrogens with one attached hydrogen (secondary N) is 1. The Kier molecular flexibility index (Phi) is 4.39. The first-order valence-electron chi connectivity index (χ1n) is 6.04. The van der Waals surface area contributed by atoms with Gasteiger partial charge in [-0.1, -0.05) is 18.9 Å². The summed E-state index contributed by atoms with van der Waals surface area (Å²) in [5.74, 6) is 0.532. The van der Waals surface area contributed by atoms with Crippen molar-refractivity contribution in [2.24, 2.45) is 5.92 Å². The van der Waals surface area contributed by atoms with Crippen molar-refractivity contribution in [2.75, 3.05) is 0 Å². The molecule has 0 aromatic carbocycles. The number of hydrogen-bond acceptors (Lipinski definition) is 2. The molecule has 0 bridgehead atoms. The van der Waals surface area contributed by atoms with Crippen LogP contribution in [-0.2, 0) is 4.74 Å². The van der Waals surface area contributed by atoms with E-state index in [1.165, 1.54) is 25.7 Å². The van der Waals surface area contributed by atoms with Crippen LogP contribution in [0.4, 0.5) is 4.79 Å². The van der Waals surface area contributed by atoms with Gasteiger partial charge >= 0.3 is 6.09 Å². The van der Waals surface area contributed by atoms with Crippen molar-refractivity contribution in [2.45, 2.75) is 58.1 Å². The predicted octanol–water partition coefficient (Wildman–Crippen LogP) is 3.26. The molecule has 0 spiro atoms. The molecular weight excluding hydrogens is 202 g/mol. The van der Waals surface area contributed by atoms with E-state index in [9.17, 15) is 4.79 Å². The molecule has 1 unspecified atom stereocenters. The third kappa shape index (κ3) is 4.25. The summed E-state index contributed by atoms with van der Waals surface area (Å²) in [5.41, 5.74) is -0.439. The Balaban J connectivity index is 2.43. The molecule has 1 atom stereocenters. The monoisotopic (exact) mass is 225 g/mol. The van der Waals surface area contributed by atoms with Gasteiger partial charge in [0, 0.05) is 0 Å². The molecule has 1 saturated carbocycles. The maximum Gasteiger partial charge on any atom is 0.408 e. The van der Waals surface area contributed by atoms with Gasteiger partial charge in [0.05, 0.1) is 6.04 Å². The van der Waals surface area contributed by atoms with Gasteiger partial charge in [0.15, 0.2) is 0 Å². The zero-order valence-corrected chi connectivity index (χ0v) is 10.6. The van der Waals surface area contributed by atoms with Crippen LogP contribution in [0.3, 0.4) is 0 Å². The number of rotatable bonds is 3. The van der Waals surface area contributed by atoms with Crippen LogP contribution in [0.15, 0.2) is 12.7 Å². The number of alkyl carbamates (subject to hydrolysis) is 1. The Morgan fingerprint density at radius 3 is 2.44 bits per heavy atom. The van der Waals surface area contributed by atoms with Crippen LogP contribution in [0.1, 0.15) is 46.5 Å². The lowest BCUT2D eigenvalue weighted by atomic mass is 9.98. The van der Waals surface area contributed by atoms with Crippen molar-refractivity contribution in [3.05, 3.63) is 12.7 Å². The van der Waals surface area contributed by atoms with E-state index < -0.39 is 5.60 Å². The highest BCUT2D eigenvalue weighted by Crippen LogP contribution is 2.28. The SMILES string of the molecule is C=CC(NC(=O)OC(C)(C)C)C1CCCC1. The van der Waals surface area contributed by atoms with E-state index in [2.05, 4.69) is 11.9 Å². The van der Waals surface area contributed by atoms with Gasteiger partial charge in [0.25, 0.3) is 0 Å². The first-order chi connectivity index (χ1) is 7.42. The average molecular weight is 225 g/mol. The molecule has 0 saturated heterocycles. The van der Waals surface area contributed by atoms with E-state index in [0.717, 1.165) is 0 Å². The number of hydrogen-bond donors (Lipinski definition) is 1. The third-order valence-corrected chi connectivity index (χ3v) is 2.85. The van der Waals surface area contributed by atoms with Gasteiger partial charge in [0.1, 0.15) is 5.60 Å². The van der Waals surface area contributed by atoms with Gasteiger partial charge < -0.3 is 10.1 Å². The smallest absolute Gasteiger partial charge is 0.408 e. The minimum Gasteiger partial charge on any atom is -0.444 e. The Morgan fingerprint density at radius 1 is 1.44 bits per heavy atom. The first kappa shape index (κ1) is 13.1. The molecule has 0 aromatic heterocycles. The lowest BCUT2D eigenvalue weighted by molar-refractivity contribution is 0.0501. The topological polar surface area (TPSA) is 38.3 Å². The highest BCUT2D eigenvalue weighted by atomic mass is 16.6. The van der Waals surface area contributed by atoms with Crippen molar-refractivity contribution in [3.63, 3.8) is 0 Å². The fraction of sp³-hybridized carbons (Fsp3) is 0.769. The molecule has 3 nitrogen and oxygen atoms in total. The largest absolute Gasteiger partial charge is 0.444 e. The summed E-state index contributed by atoms with van der Waals surface area (Å²) in [6.07, 6.45) is 6.33. The fourth-order valence-corrected chi connectivity index (χ4v) is 2.13. The van der Waals surface area contributed by atoms with Crippen LogP contribution in [0.5, 0.6) is 0 Å². The van der Waals surface area contributed by atoms with E-state index in [-0.39, 0.29) is 12.1 Å². The lowest BCUT2D eigenvalue weighted by Crippen LogP contribution is -2.41. The summed E-state index contributed by atoms with van der Waals surface area (Å²) in [6.45, 7) is 9.38. The van der Waals surface area contributed by atoms with E-state index in [4.69, 9.17) is 4.74 Å². The van der Waals surface area contributed by atoms with Crippen LogP contribution < -0.4 is 5.32 Å². The molecule has 0 aliphatic heterocycles. The average Bonchev–Trinajstić information content (AvgIpc) is 2.63. The highest BCUT2D eigenvalue weighted by molar-refractivity contribution is 5.68. The molecule has 16 heavy (non-hydrogen) atoms. The summed E-state index contributed by atoms with van der Waals surface area (Å²) < 4.78 is 5.23. The summed E-state index contributed by atoms with van der Waals surface area (Å²) in [5, 5.41) is 2.89. The molecule has 1 fully saturated rings. The summed E-state index contributed by atoms with van der Waals surface area (Å²) in [4.78, 5) is 11.6. The molecule has 1 N–H and O–H groups in total. The second kappa shape index (κ2) is 5.37. The fourth-order valence-electron chi connectivity index (χ4n) is 2.13. The highest BCUT2D eigenvalue weighted by Gasteiger charge is 2.25. The molecule has 0 heterocycles. The lowest BCUT2D eigenvalue weighted by Gasteiger charge is -2.25. The first-order valence-corrected chi connectivity index (χ1v) is 6.04. The van der Waals surface area contributed by atoms with Crippen molar-refractivity contribution in [3.8, 4) is 0 Å². The second-order valence-corrected chi connectivity index (χ2v) is 5.45. The van der Waals surface area contributed by atoms with E-state index in [1.54, 1.807) is 0 Å². The number of ether oxygens (including phenoxy) is 1. The van der Waals surface area contributed by atoms with E-state index >= 15 is 0 Å². The maximum absolute atomic E-state index is 11.6. The molecule has 92 valence electrons. The molecule has 0 radical (unpaired) electrons. The third-order valence-electron chi connectivity index (χ3n) is 2.85. The van der Waals surface area contributed by atoms with Gasteiger partial charge in [-0.3, -0.25) is 0 Å². The van der Waals surface area contributed by atoms with Crippen LogP contribution >= 0.6 is 0 Å². The zero-order chi connectivity index (χ0) is 12.2. The summed E-state index contributed by atoms with van der Waals surface area (Å²) >= 11 is 0. The van der Waals surface area contributed by atoms with Gasteiger partial charge in [-0.15, -0.1) is 6.58 Å². The summed E-state index contributed by atoms with van der Waals surface area (Å²) in [6, 6.07) is 0.0531.